The molecule has 0 saturated carbocycles. The Hall–Kier alpha value is -0.880. The fourth-order valence-electron chi connectivity index (χ4n) is 1.91. The van der Waals surface area contributed by atoms with Crippen LogP contribution in [0.1, 0.15) is 12.8 Å². The average molecular weight is 369 g/mol. The van der Waals surface area contributed by atoms with Gasteiger partial charge in [0.15, 0.2) is 6.61 Å². The summed E-state index contributed by atoms with van der Waals surface area (Å²) in [5, 5.41) is 0.479. The van der Waals surface area contributed by atoms with Crippen molar-refractivity contribution in [3.8, 4) is 5.75 Å². The van der Waals surface area contributed by atoms with E-state index in [2.05, 4.69) is 15.9 Å². The van der Waals surface area contributed by atoms with Gasteiger partial charge in [0.2, 0.25) is 0 Å². The van der Waals surface area contributed by atoms with Gasteiger partial charge in [0.05, 0.1) is 9.50 Å². The molecule has 20 heavy (non-hydrogen) atoms. The van der Waals surface area contributed by atoms with Crippen molar-refractivity contribution in [3.05, 3.63) is 27.7 Å². The van der Waals surface area contributed by atoms with Crippen LogP contribution in [0.4, 0.5) is 8.78 Å². The number of hydrogen-bond donors (Lipinski definition) is 0. The van der Waals surface area contributed by atoms with Gasteiger partial charge in [-0.2, -0.15) is 0 Å². The topological polar surface area (TPSA) is 29.5 Å². The van der Waals surface area contributed by atoms with Gasteiger partial charge in [-0.1, -0.05) is 17.7 Å². The molecule has 0 aliphatic carbocycles. The van der Waals surface area contributed by atoms with Crippen molar-refractivity contribution in [1.82, 2.24) is 4.90 Å². The molecular weight excluding hydrogens is 356 g/mol. The maximum atomic E-state index is 13.0. The molecule has 0 spiro atoms. The third-order valence-electron chi connectivity index (χ3n) is 3.11. The van der Waals surface area contributed by atoms with Gasteiger partial charge in [-0.05, 0) is 28.1 Å². The molecule has 0 radical (unpaired) electrons. The average Bonchev–Trinajstić information content (AvgIpc) is 2.40. The second-order valence-corrected chi connectivity index (χ2v) is 5.78. The first kappa shape index (κ1) is 15.5. The van der Waals surface area contributed by atoms with Gasteiger partial charge < -0.3 is 9.64 Å². The lowest BCUT2D eigenvalue weighted by Gasteiger charge is -2.31. The minimum atomic E-state index is -2.66. The molecule has 3 nitrogen and oxygen atoms in total. The molecule has 1 amide bonds. The minimum Gasteiger partial charge on any atom is -0.483 e. The molecular formula is C13H13BrClF2NO2. The number of alkyl halides is 2. The molecule has 0 unspecified atom stereocenters. The molecule has 1 aromatic rings. The van der Waals surface area contributed by atoms with Crippen LogP contribution in [0.2, 0.25) is 5.02 Å². The molecule has 1 saturated heterocycles. The van der Waals surface area contributed by atoms with Gasteiger partial charge in [-0.15, -0.1) is 0 Å². The number of rotatable bonds is 3. The van der Waals surface area contributed by atoms with E-state index < -0.39 is 5.92 Å². The maximum absolute atomic E-state index is 13.0. The third kappa shape index (κ3) is 3.82. The summed E-state index contributed by atoms with van der Waals surface area (Å²) < 4.78 is 31.9. The number of ether oxygens (including phenoxy) is 1. The number of likely N-dealkylation sites (tertiary alicyclic amines) is 1. The van der Waals surface area contributed by atoms with Crippen LogP contribution in [0.15, 0.2) is 22.7 Å². The van der Waals surface area contributed by atoms with Crippen LogP contribution in [-0.4, -0.2) is 36.4 Å². The number of carbonyl (C=O) groups excluding carboxylic acids is 1. The molecule has 2 rings (SSSR count). The van der Waals surface area contributed by atoms with Gasteiger partial charge in [0.25, 0.3) is 11.8 Å². The summed E-state index contributed by atoms with van der Waals surface area (Å²) in [5.74, 6) is -2.51. The number of piperidine rings is 1. The van der Waals surface area contributed by atoms with E-state index in [-0.39, 0.29) is 38.4 Å². The fraction of sp³-hybridized carbons (Fsp3) is 0.462. The van der Waals surface area contributed by atoms with Crippen molar-refractivity contribution >= 4 is 33.4 Å². The summed E-state index contributed by atoms with van der Waals surface area (Å²) in [6.45, 7) is -0.0671. The maximum Gasteiger partial charge on any atom is 0.260 e. The lowest BCUT2D eigenvalue weighted by atomic mass is 10.1. The number of carbonyl (C=O) groups is 1. The van der Waals surface area contributed by atoms with E-state index in [4.69, 9.17) is 16.3 Å². The molecule has 1 aliphatic rings. The first-order valence-corrected chi connectivity index (χ1v) is 7.28. The van der Waals surface area contributed by atoms with Crippen molar-refractivity contribution in [3.63, 3.8) is 0 Å². The predicted molar refractivity (Wildman–Crippen MR) is 75.4 cm³/mol. The molecule has 0 atom stereocenters. The highest BCUT2D eigenvalue weighted by atomic mass is 79.9. The summed E-state index contributed by atoms with van der Waals surface area (Å²) in [5.41, 5.74) is 0. The Bertz CT molecular complexity index is 503. The van der Waals surface area contributed by atoms with Crippen molar-refractivity contribution in [1.29, 1.82) is 0 Å². The number of halogens is 4. The molecule has 0 N–H and O–H groups in total. The minimum absolute atomic E-state index is 0.0614. The van der Waals surface area contributed by atoms with E-state index in [0.29, 0.717) is 15.2 Å². The second kappa shape index (κ2) is 6.26. The summed E-state index contributed by atoms with van der Waals surface area (Å²) in [4.78, 5) is 13.3. The monoisotopic (exact) mass is 367 g/mol. The van der Waals surface area contributed by atoms with Gasteiger partial charge in [-0.25, -0.2) is 8.78 Å². The van der Waals surface area contributed by atoms with E-state index >= 15 is 0 Å². The highest BCUT2D eigenvalue weighted by Gasteiger charge is 2.35. The van der Waals surface area contributed by atoms with Crippen LogP contribution >= 0.6 is 27.5 Å². The summed E-state index contributed by atoms with van der Waals surface area (Å²) in [7, 11) is 0. The Morgan fingerprint density at radius 1 is 1.40 bits per heavy atom. The molecule has 1 fully saturated rings. The lowest BCUT2D eigenvalue weighted by Crippen LogP contribution is -2.44. The lowest BCUT2D eigenvalue weighted by molar-refractivity contribution is -0.139. The molecule has 1 aliphatic heterocycles. The van der Waals surface area contributed by atoms with E-state index in [0.717, 1.165) is 0 Å². The summed E-state index contributed by atoms with van der Waals surface area (Å²) >= 11 is 9.16. The summed E-state index contributed by atoms with van der Waals surface area (Å²) in [6, 6.07) is 5.06. The van der Waals surface area contributed by atoms with Crippen LogP contribution in [0, 0.1) is 0 Å². The molecule has 0 aromatic heterocycles. The second-order valence-electron chi connectivity index (χ2n) is 4.58. The molecule has 110 valence electrons. The largest absolute Gasteiger partial charge is 0.483 e. The number of nitrogens with zero attached hydrogens (tertiary/aromatic N) is 1. The smallest absolute Gasteiger partial charge is 0.260 e. The predicted octanol–water partition coefficient (Wildman–Crippen LogP) is 3.74. The Labute approximate surface area is 129 Å². The summed E-state index contributed by atoms with van der Waals surface area (Å²) in [6.07, 6.45) is -0.584. The zero-order chi connectivity index (χ0) is 14.8. The first-order chi connectivity index (χ1) is 9.39. The SMILES string of the molecule is O=C(COc1cccc(Cl)c1Br)N1CCC(F)(F)CC1. The Morgan fingerprint density at radius 2 is 2.05 bits per heavy atom. The first-order valence-electron chi connectivity index (χ1n) is 6.11. The molecule has 1 heterocycles. The van der Waals surface area contributed by atoms with Crippen LogP contribution in [0.25, 0.3) is 0 Å². The van der Waals surface area contributed by atoms with E-state index in [9.17, 15) is 13.6 Å². The van der Waals surface area contributed by atoms with E-state index in [1.165, 1.54) is 4.90 Å². The van der Waals surface area contributed by atoms with Crippen LogP contribution in [0.3, 0.4) is 0 Å². The van der Waals surface area contributed by atoms with Crippen LogP contribution in [-0.2, 0) is 4.79 Å². The zero-order valence-electron chi connectivity index (χ0n) is 10.5. The normalized spacial score (nSPS) is 17.9. The van der Waals surface area contributed by atoms with Gasteiger partial charge in [0, 0.05) is 25.9 Å². The number of hydrogen-bond acceptors (Lipinski definition) is 2. The zero-order valence-corrected chi connectivity index (χ0v) is 12.9. The van der Waals surface area contributed by atoms with Crippen molar-refractivity contribution in [2.45, 2.75) is 18.8 Å². The Morgan fingerprint density at radius 3 is 2.70 bits per heavy atom. The Kier molecular flexibility index (Phi) is 4.86. The van der Waals surface area contributed by atoms with Gasteiger partial charge in [-0.3, -0.25) is 4.79 Å². The van der Waals surface area contributed by atoms with Gasteiger partial charge in [0.1, 0.15) is 5.75 Å². The Balaban J connectivity index is 1.88. The molecule has 0 bridgehead atoms. The molecule has 1 aromatic carbocycles. The highest BCUT2D eigenvalue weighted by Crippen LogP contribution is 2.32. The van der Waals surface area contributed by atoms with Crippen molar-refractivity contribution in [2.75, 3.05) is 19.7 Å². The van der Waals surface area contributed by atoms with Gasteiger partial charge >= 0.3 is 0 Å². The van der Waals surface area contributed by atoms with E-state index in [1.807, 2.05) is 0 Å². The van der Waals surface area contributed by atoms with Crippen LogP contribution < -0.4 is 4.74 Å². The molecule has 7 heteroatoms. The van der Waals surface area contributed by atoms with Crippen LogP contribution in [0.5, 0.6) is 5.75 Å². The third-order valence-corrected chi connectivity index (χ3v) is 4.48. The van der Waals surface area contributed by atoms with Crippen molar-refractivity contribution in [2.24, 2.45) is 0 Å². The number of amides is 1. The van der Waals surface area contributed by atoms with Crippen molar-refractivity contribution < 1.29 is 18.3 Å². The quantitative estimate of drug-likeness (QED) is 0.813. The number of benzene rings is 1. The standard InChI is InChI=1S/C13H13BrClF2NO2/c14-12-9(15)2-1-3-10(12)20-8-11(19)18-6-4-13(16,17)5-7-18/h1-3H,4-8H2. The van der Waals surface area contributed by atoms with E-state index in [1.54, 1.807) is 18.2 Å². The fourth-order valence-corrected chi connectivity index (χ4v) is 2.45. The highest BCUT2D eigenvalue weighted by molar-refractivity contribution is 9.10.